The van der Waals surface area contributed by atoms with Crippen LogP contribution < -0.4 is 16.0 Å². The number of benzene rings is 1. The molecule has 8 nitrogen and oxygen atoms in total. The van der Waals surface area contributed by atoms with E-state index in [1.54, 1.807) is 24.3 Å². The fourth-order valence-electron chi connectivity index (χ4n) is 2.40. The van der Waals surface area contributed by atoms with Crippen molar-refractivity contribution in [1.82, 2.24) is 15.5 Å². The molecule has 0 aliphatic carbocycles. The number of hydrogen-bond acceptors (Lipinski definition) is 4. The molecule has 1 atom stereocenters. The first kappa shape index (κ1) is 17.5. The Morgan fingerprint density at radius 1 is 1.21 bits per heavy atom. The average molecular weight is 332 g/mol. The topological polar surface area (TPSA) is 108 Å². The van der Waals surface area contributed by atoms with Crippen molar-refractivity contribution in [3.63, 3.8) is 0 Å². The van der Waals surface area contributed by atoms with E-state index in [9.17, 15) is 19.2 Å². The zero-order valence-corrected chi connectivity index (χ0v) is 13.6. The molecule has 1 aromatic carbocycles. The summed E-state index contributed by atoms with van der Waals surface area (Å²) in [5, 5.41) is 7.66. The van der Waals surface area contributed by atoms with E-state index < -0.39 is 18.0 Å². The summed E-state index contributed by atoms with van der Waals surface area (Å²) < 4.78 is 0. The number of rotatable bonds is 6. The van der Waals surface area contributed by atoms with Crippen molar-refractivity contribution in [2.75, 3.05) is 18.9 Å². The summed E-state index contributed by atoms with van der Waals surface area (Å²) in [6.07, 6.45) is 1.30. The van der Waals surface area contributed by atoms with Crippen molar-refractivity contribution in [3.8, 4) is 0 Å². The first-order valence-corrected chi connectivity index (χ1v) is 7.70. The minimum atomic E-state index is -0.554. The molecule has 128 valence electrons. The van der Waals surface area contributed by atoms with Gasteiger partial charge in [0.25, 0.3) is 11.8 Å². The molecule has 0 aromatic heterocycles. The van der Waals surface area contributed by atoms with Gasteiger partial charge >= 0.3 is 6.03 Å². The Bertz CT molecular complexity index is 657. The van der Waals surface area contributed by atoms with E-state index in [0.717, 1.165) is 11.3 Å². The second-order valence-electron chi connectivity index (χ2n) is 5.42. The Hall–Kier alpha value is -2.90. The first-order valence-electron chi connectivity index (χ1n) is 7.70. The van der Waals surface area contributed by atoms with Gasteiger partial charge in [0, 0.05) is 18.3 Å². The molecule has 0 spiro atoms. The normalized spacial score (nSPS) is 16.8. The van der Waals surface area contributed by atoms with Gasteiger partial charge in [-0.3, -0.25) is 19.3 Å². The molecule has 8 heteroatoms. The third-order valence-corrected chi connectivity index (χ3v) is 3.64. The van der Waals surface area contributed by atoms with Gasteiger partial charge < -0.3 is 16.0 Å². The molecule has 1 aliphatic heterocycles. The highest BCUT2D eigenvalue weighted by molar-refractivity contribution is 6.08. The number of imide groups is 1. The van der Waals surface area contributed by atoms with Crippen molar-refractivity contribution >= 4 is 29.4 Å². The number of nitrogens with zero attached hydrogens (tertiary/aromatic N) is 1. The van der Waals surface area contributed by atoms with Crippen molar-refractivity contribution in [1.29, 1.82) is 0 Å². The zero-order chi connectivity index (χ0) is 17.7. The zero-order valence-electron chi connectivity index (χ0n) is 13.6. The number of urea groups is 1. The monoisotopic (exact) mass is 332 g/mol. The summed E-state index contributed by atoms with van der Waals surface area (Å²) >= 11 is 0. The van der Waals surface area contributed by atoms with Crippen LogP contribution in [0.4, 0.5) is 10.5 Å². The molecule has 1 heterocycles. The lowest BCUT2D eigenvalue weighted by Crippen LogP contribution is -2.38. The van der Waals surface area contributed by atoms with Gasteiger partial charge in [-0.15, -0.1) is 0 Å². The highest BCUT2D eigenvalue weighted by atomic mass is 16.2. The van der Waals surface area contributed by atoms with Crippen LogP contribution in [0.15, 0.2) is 24.3 Å². The smallest absolute Gasteiger partial charge is 0.325 e. The number of carbonyl (C=O) groups is 4. The standard InChI is InChI=1S/C16H20N4O4/c1-3-4-12-15(23)20(16(24)19-12)9-13(21)18-11-7-5-10(6-8-11)14(22)17-2/h5-8,12H,3-4,9H2,1-2H3,(H,17,22)(H,18,21)(H,19,24). The van der Waals surface area contributed by atoms with E-state index in [2.05, 4.69) is 16.0 Å². The quantitative estimate of drug-likeness (QED) is 0.667. The van der Waals surface area contributed by atoms with Gasteiger partial charge in [-0.2, -0.15) is 0 Å². The Labute approximate surface area is 139 Å². The summed E-state index contributed by atoms with van der Waals surface area (Å²) in [5.74, 6) is -1.09. The van der Waals surface area contributed by atoms with Gasteiger partial charge in [-0.25, -0.2) is 4.79 Å². The van der Waals surface area contributed by atoms with Crippen LogP contribution in [-0.4, -0.2) is 48.3 Å². The molecule has 24 heavy (non-hydrogen) atoms. The maximum Gasteiger partial charge on any atom is 0.325 e. The Balaban J connectivity index is 1.94. The molecule has 0 saturated carbocycles. The van der Waals surface area contributed by atoms with Gasteiger partial charge in [0.05, 0.1) is 0 Å². The van der Waals surface area contributed by atoms with E-state index in [1.807, 2.05) is 6.92 Å². The third-order valence-electron chi connectivity index (χ3n) is 3.64. The lowest BCUT2D eigenvalue weighted by molar-refractivity contribution is -0.130. The van der Waals surface area contributed by atoms with Crippen molar-refractivity contribution in [2.24, 2.45) is 0 Å². The molecule has 2 rings (SSSR count). The molecule has 1 aromatic rings. The molecule has 1 fully saturated rings. The van der Waals surface area contributed by atoms with Gasteiger partial charge in [0.1, 0.15) is 12.6 Å². The van der Waals surface area contributed by atoms with Crippen LogP contribution in [0.3, 0.4) is 0 Å². The van der Waals surface area contributed by atoms with E-state index in [-0.39, 0.29) is 18.4 Å². The van der Waals surface area contributed by atoms with Crippen LogP contribution in [0, 0.1) is 0 Å². The summed E-state index contributed by atoms with van der Waals surface area (Å²) in [5.41, 5.74) is 0.942. The molecule has 0 radical (unpaired) electrons. The molecule has 5 amide bonds. The average Bonchev–Trinajstić information content (AvgIpc) is 2.83. The van der Waals surface area contributed by atoms with Gasteiger partial charge in [-0.1, -0.05) is 13.3 Å². The van der Waals surface area contributed by atoms with Gasteiger partial charge in [0.2, 0.25) is 5.91 Å². The van der Waals surface area contributed by atoms with Gasteiger partial charge in [0.15, 0.2) is 0 Å². The molecule has 1 unspecified atom stereocenters. The van der Waals surface area contributed by atoms with Crippen LogP contribution >= 0.6 is 0 Å². The van der Waals surface area contributed by atoms with E-state index in [1.165, 1.54) is 7.05 Å². The first-order chi connectivity index (χ1) is 11.5. The predicted octanol–water partition coefficient (Wildman–Crippen LogP) is 0.705. The highest BCUT2D eigenvalue weighted by Crippen LogP contribution is 2.13. The summed E-state index contributed by atoms with van der Waals surface area (Å²) in [6, 6.07) is 5.19. The number of carbonyl (C=O) groups excluding carboxylic acids is 4. The van der Waals surface area contributed by atoms with E-state index in [0.29, 0.717) is 17.7 Å². The van der Waals surface area contributed by atoms with E-state index >= 15 is 0 Å². The van der Waals surface area contributed by atoms with Crippen LogP contribution in [0.2, 0.25) is 0 Å². The number of hydrogen-bond donors (Lipinski definition) is 3. The number of anilines is 1. The Kier molecular flexibility index (Phi) is 5.51. The van der Waals surface area contributed by atoms with Crippen LogP contribution in [0.25, 0.3) is 0 Å². The van der Waals surface area contributed by atoms with Crippen LogP contribution in [-0.2, 0) is 9.59 Å². The lowest BCUT2D eigenvalue weighted by atomic mass is 10.1. The molecule has 3 N–H and O–H groups in total. The maximum absolute atomic E-state index is 12.1. The minimum Gasteiger partial charge on any atom is -0.355 e. The third kappa shape index (κ3) is 3.89. The molecule has 1 aliphatic rings. The SMILES string of the molecule is CCCC1NC(=O)N(CC(=O)Nc2ccc(C(=O)NC)cc2)C1=O. The van der Waals surface area contributed by atoms with Gasteiger partial charge in [-0.05, 0) is 30.7 Å². The highest BCUT2D eigenvalue weighted by Gasteiger charge is 2.38. The number of amides is 5. The predicted molar refractivity (Wildman–Crippen MR) is 87.4 cm³/mol. The van der Waals surface area contributed by atoms with Crippen molar-refractivity contribution in [2.45, 2.75) is 25.8 Å². The molecular formula is C16H20N4O4. The largest absolute Gasteiger partial charge is 0.355 e. The summed E-state index contributed by atoms with van der Waals surface area (Å²) in [6.45, 7) is 1.57. The minimum absolute atomic E-state index is 0.228. The Morgan fingerprint density at radius 3 is 2.46 bits per heavy atom. The Morgan fingerprint density at radius 2 is 1.88 bits per heavy atom. The second kappa shape index (κ2) is 7.58. The van der Waals surface area contributed by atoms with Crippen molar-refractivity contribution in [3.05, 3.63) is 29.8 Å². The van der Waals surface area contributed by atoms with Crippen molar-refractivity contribution < 1.29 is 19.2 Å². The van der Waals surface area contributed by atoms with Crippen LogP contribution in [0.5, 0.6) is 0 Å². The van der Waals surface area contributed by atoms with E-state index in [4.69, 9.17) is 0 Å². The number of nitrogens with one attached hydrogen (secondary N) is 3. The molecule has 0 bridgehead atoms. The fourth-order valence-corrected chi connectivity index (χ4v) is 2.40. The summed E-state index contributed by atoms with van der Waals surface area (Å²) in [7, 11) is 1.53. The lowest BCUT2D eigenvalue weighted by Gasteiger charge is -2.13. The van der Waals surface area contributed by atoms with Crippen LogP contribution in [0.1, 0.15) is 30.1 Å². The molecule has 1 saturated heterocycles. The molecular weight excluding hydrogens is 312 g/mol. The fraction of sp³-hybridized carbons (Fsp3) is 0.375. The second-order valence-corrected chi connectivity index (χ2v) is 5.42. The summed E-state index contributed by atoms with van der Waals surface area (Å²) in [4.78, 5) is 48.2. The maximum atomic E-state index is 12.1.